The molecule has 0 saturated carbocycles. The van der Waals surface area contributed by atoms with Crippen LogP contribution in [0.5, 0.6) is 0 Å². The highest BCUT2D eigenvalue weighted by Crippen LogP contribution is 2.25. The van der Waals surface area contributed by atoms with Gasteiger partial charge in [-0.3, -0.25) is 10.1 Å². The number of H-pyrrole nitrogens is 1. The van der Waals surface area contributed by atoms with Crippen LogP contribution in [0.3, 0.4) is 0 Å². The summed E-state index contributed by atoms with van der Waals surface area (Å²) in [6, 6.07) is 21.3. The maximum Gasteiger partial charge on any atom is 0.125 e. The lowest BCUT2D eigenvalue weighted by Crippen LogP contribution is -2.35. The molecule has 0 unspecified atom stereocenters. The van der Waals surface area contributed by atoms with E-state index in [1.54, 1.807) is 11.8 Å². The van der Waals surface area contributed by atoms with Crippen LogP contribution in [0, 0.1) is 0 Å². The van der Waals surface area contributed by atoms with Crippen molar-refractivity contribution in [1.82, 2.24) is 15.2 Å². The molecule has 140 valence electrons. The van der Waals surface area contributed by atoms with E-state index in [2.05, 4.69) is 75.9 Å². The molecule has 1 aromatic heterocycles. The van der Waals surface area contributed by atoms with E-state index in [0.29, 0.717) is 0 Å². The van der Waals surface area contributed by atoms with Crippen LogP contribution in [-0.4, -0.2) is 38.7 Å². The standard InChI is InChI=1S/C22H21N5S/c23-20(10-15-5-6-16-3-1-2-4-17(16)9-15)13-27-14-28-22(26-27)18-7-8-21-19(11-18)12-24-25-21/h1-9,11-12,20H,10,13-14,23H2,(H,24,25)/t20-/m0/s1. The molecule has 0 fully saturated rings. The van der Waals surface area contributed by atoms with Crippen LogP contribution < -0.4 is 5.73 Å². The Bertz CT molecular complexity index is 1170. The zero-order valence-electron chi connectivity index (χ0n) is 15.4. The summed E-state index contributed by atoms with van der Waals surface area (Å²) < 4.78 is 0. The number of nitrogens with zero attached hydrogens (tertiary/aromatic N) is 3. The van der Waals surface area contributed by atoms with Gasteiger partial charge in [0.05, 0.1) is 24.1 Å². The van der Waals surface area contributed by atoms with Gasteiger partial charge in [0.1, 0.15) is 5.04 Å². The van der Waals surface area contributed by atoms with Gasteiger partial charge in [-0.2, -0.15) is 10.2 Å². The van der Waals surface area contributed by atoms with Gasteiger partial charge < -0.3 is 5.73 Å². The van der Waals surface area contributed by atoms with Crippen LogP contribution in [0.4, 0.5) is 0 Å². The SMILES string of the molecule is N[C@@H](Cc1ccc2ccccc2c1)CN1CSC(c2ccc3[nH]ncc3c2)=N1. The van der Waals surface area contributed by atoms with Crippen LogP contribution in [0.15, 0.2) is 72.0 Å². The van der Waals surface area contributed by atoms with Crippen molar-refractivity contribution >= 4 is 38.5 Å². The summed E-state index contributed by atoms with van der Waals surface area (Å²) in [5.74, 6) is 0.837. The van der Waals surface area contributed by atoms with Gasteiger partial charge in [-0.05, 0) is 34.9 Å². The number of benzene rings is 3. The summed E-state index contributed by atoms with van der Waals surface area (Å²) in [7, 11) is 0. The second-order valence-electron chi connectivity index (χ2n) is 7.19. The molecule has 2 heterocycles. The van der Waals surface area contributed by atoms with Crippen molar-refractivity contribution in [3.05, 3.63) is 78.0 Å². The van der Waals surface area contributed by atoms with E-state index in [4.69, 9.17) is 10.8 Å². The number of hydrogen-bond acceptors (Lipinski definition) is 5. The van der Waals surface area contributed by atoms with Gasteiger partial charge in [-0.15, -0.1) is 0 Å². The van der Waals surface area contributed by atoms with E-state index in [1.165, 1.54) is 16.3 Å². The molecule has 0 radical (unpaired) electrons. The van der Waals surface area contributed by atoms with Crippen molar-refractivity contribution in [2.45, 2.75) is 12.5 Å². The topological polar surface area (TPSA) is 70.3 Å². The van der Waals surface area contributed by atoms with Gasteiger partial charge >= 0.3 is 0 Å². The zero-order chi connectivity index (χ0) is 18.9. The first-order valence-electron chi connectivity index (χ1n) is 9.38. The fourth-order valence-corrected chi connectivity index (χ4v) is 4.54. The summed E-state index contributed by atoms with van der Waals surface area (Å²) in [4.78, 5) is 0. The average Bonchev–Trinajstić information content (AvgIpc) is 3.36. The van der Waals surface area contributed by atoms with E-state index >= 15 is 0 Å². The first-order valence-corrected chi connectivity index (χ1v) is 10.4. The van der Waals surface area contributed by atoms with Crippen LogP contribution in [0.1, 0.15) is 11.1 Å². The number of hydrogen-bond donors (Lipinski definition) is 2. The van der Waals surface area contributed by atoms with Gasteiger partial charge in [-0.1, -0.05) is 60.3 Å². The number of hydrazone groups is 1. The molecule has 5 rings (SSSR count). The summed E-state index contributed by atoms with van der Waals surface area (Å²) in [6.07, 6.45) is 2.69. The summed E-state index contributed by atoms with van der Waals surface area (Å²) in [5.41, 5.74) is 9.88. The molecule has 0 aliphatic carbocycles. The summed E-state index contributed by atoms with van der Waals surface area (Å²) in [5, 5.41) is 18.6. The Kier molecular flexibility index (Phi) is 4.50. The third-order valence-corrected chi connectivity index (χ3v) is 6.04. The molecule has 5 nitrogen and oxygen atoms in total. The Labute approximate surface area is 167 Å². The normalized spacial score (nSPS) is 15.3. The summed E-state index contributed by atoms with van der Waals surface area (Å²) in [6.45, 7) is 0.747. The maximum atomic E-state index is 6.44. The molecule has 0 bridgehead atoms. The van der Waals surface area contributed by atoms with Crippen molar-refractivity contribution in [3.8, 4) is 0 Å². The minimum absolute atomic E-state index is 0.0428. The summed E-state index contributed by atoms with van der Waals surface area (Å²) >= 11 is 1.75. The van der Waals surface area contributed by atoms with Crippen LogP contribution in [0.2, 0.25) is 0 Å². The monoisotopic (exact) mass is 387 g/mol. The molecular formula is C22H21N5S. The predicted octanol–water partition coefficient (Wildman–Crippen LogP) is 3.95. The number of thioether (sulfide) groups is 1. The van der Waals surface area contributed by atoms with E-state index < -0.39 is 0 Å². The highest BCUT2D eigenvalue weighted by atomic mass is 32.2. The largest absolute Gasteiger partial charge is 0.326 e. The number of aromatic amines is 1. The Balaban J connectivity index is 1.26. The lowest BCUT2D eigenvalue weighted by Gasteiger charge is -2.18. The molecule has 3 N–H and O–H groups in total. The molecule has 1 aliphatic heterocycles. The Morgan fingerprint density at radius 2 is 1.93 bits per heavy atom. The fraction of sp³-hybridized carbons (Fsp3) is 0.182. The van der Waals surface area contributed by atoms with Crippen LogP contribution >= 0.6 is 11.8 Å². The lowest BCUT2D eigenvalue weighted by atomic mass is 10.0. The Hall–Kier alpha value is -2.83. The fourth-order valence-electron chi connectivity index (χ4n) is 3.64. The number of nitrogens with one attached hydrogen (secondary N) is 1. The van der Waals surface area contributed by atoms with Crippen LogP contribution in [0.25, 0.3) is 21.7 Å². The predicted molar refractivity (Wildman–Crippen MR) is 117 cm³/mol. The van der Waals surface area contributed by atoms with Gasteiger partial charge in [0, 0.05) is 17.0 Å². The van der Waals surface area contributed by atoms with Gasteiger partial charge in [0.25, 0.3) is 0 Å². The molecule has 0 amide bonds. The molecule has 4 aromatic rings. The molecule has 1 atom stereocenters. The maximum absolute atomic E-state index is 6.44. The minimum Gasteiger partial charge on any atom is -0.326 e. The van der Waals surface area contributed by atoms with E-state index in [1.807, 2.05) is 6.20 Å². The number of fused-ring (bicyclic) bond motifs is 2. The molecule has 3 aromatic carbocycles. The Morgan fingerprint density at radius 3 is 2.86 bits per heavy atom. The van der Waals surface area contributed by atoms with Gasteiger partial charge in [-0.25, -0.2) is 0 Å². The third-order valence-electron chi connectivity index (χ3n) is 5.03. The zero-order valence-corrected chi connectivity index (χ0v) is 16.2. The van der Waals surface area contributed by atoms with Gasteiger partial charge in [0.15, 0.2) is 0 Å². The number of nitrogens with two attached hydrogens (primary N) is 1. The molecule has 0 saturated heterocycles. The highest BCUT2D eigenvalue weighted by Gasteiger charge is 2.19. The molecule has 28 heavy (non-hydrogen) atoms. The second kappa shape index (κ2) is 7.30. The van der Waals surface area contributed by atoms with Crippen molar-refractivity contribution in [2.24, 2.45) is 10.8 Å². The average molecular weight is 388 g/mol. The first kappa shape index (κ1) is 17.3. The van der Waals surface area contributed by atoms with Crippen LogP contribution in [-0.2, 0) is 6.42 Å². The lowest BCUT2D eigenvalue weighted by molar-refractivity contribution is 0.320. The van der Waals surface area contributed by atoms with Gasteiger partial charge in [0.2, 0.25) is 0 Å². The van der Waals surface area contributed by atoms with Crippen molar-refractivity contribution < 1.29 is 0 Å². The smallest absolute Gasteiger partial charge is 0.125 e. The van der Waals surface area contributed by atoms with E-state index in [-0.39, 0.29) is 6.04 Å². The highest BCUT2D eigenvalue weighted by molar-refractivity contribution is 8.14. The quantitative estimate of drug-likeness (QED) is 0.544. The van der Waals surface area contributed by atoms with Crippen molar-refractivity contribution in [1.29, 1.82) is 0 Å². The minimum atomic E-state index is 0.0428. The number of rotatable bonds is 5. The number of aromatic nitrogens is 2. The molecule has 0 spiro atoms. The first-order chi connectivity index (χ1) is 13.7. The van der Waals surface area contributed by atoms with Crippen molar-refractivity contribution in [2.75, 3.05) is 12.4 Å². The molecule has 1 aliphatic rings. The second-order valence-corrected chi connectivity index (χ2v) is 8.12. The molecule has 6 heteroatoms. The Morgan fingerprint density at radius 1 is 1.04 bits per heavy atom. The van der Waals surface area contributed by atoms with E-state index in [9.17, 15) is 0 Å². The molecular weight excluding hydrogens is 366 g/mol. The van der Waals surface area contributed by atoms with Crippen molar-refractivity contribution in [3.63, 3.8) is 0 Å². The third kappa shape index (κ3) is 3.48. The van der Waals surface area contributed by atoms with E-state index in [0.717, 1.165) is 40.4 Å².